The number of rotatable bonds is 10. The van der Waals surface area contributed by atoms with E-state index in [9.17, 15) is 9.59 Å². The molecule has 2 heterocycles. The second kappa shape index (κ2) is 14.5. The Labute approximate surface area is 260 Å². The molecule has 9 nitrogen and oxygen atoms in total. The Morgan fingerprint density at radius 2 is 1.77 bits per heavy atom. The number of ether oxygens (including phenoxy) is 3. The Bertz CT molecular complexity index is 1610. The molecule has 10 heteroatoms. The molecule has 0 aliphatic carbocycles. The zero-order valence-corrected chi connectivity index (χ0v) is 26.6. The van der Waals surface area contributed by atoms with E-state index in [1.165, 1.54) is 4.90 Å². The van der Waals surface area contributed by atoms with Gasteiger partial charge in [-0.2, -0.15) is 0 Å². The highest BCUT2D eigenvalue weighted by molar-refractivity contribution is 7.27. The van der Waals surface area contributed by atoms with Gasteiger partial charge in [0.2, 0.25) is 0 Å². The van der Waals surface area contributed by atoms with Gasteiger partial charge in [0.05, 0.1) is 19.2 Å². The van der Waals surface area contributed by atoms with Crippen LogP contribution in [-0.4, -0.2) is 74.0 Å². The number of nitrogens with zero attached hydrogens (tertiary/aromatic N) is 3. The fraction of sp³-hybridized carbons (Fsp3) is 0.324. The first-order chi connectivity index (χ1) is 21.3. The van der Waals surface area contributed by atoms with Crippen molar-refractivity contribution in [2.24, 2.45) is 5.92 Å². The predicted molar refractivity (Wildman–Crippen MR) is 176 cm³/mol. The third-order valence-electron chi connectivity index (χ3n) is 7.91. The smallest absolute Gasteiger partial charge is 0.313 e. The first-order valence-electron chi connectivity index (χ1n) is 14.8. The summed E-state index contributed by atoms with van der Waals surface area (Å²) in [6.07, 6.45) is 4.59. The van der Waals surface area contributed by atoms with E-state index in [0.717, 1.165) is 42.4 Å². The number of hydrogen-bond donors (Lipinski definition) is 1. The Hall–Kier alpha value is -4.20. The number of fused-ring (bicyclic) bond motifs is 1. The number of hydrogen-bond acceptors (Lipinski definition) is 7. The number of carbonyl (C=O) groups is 2. The molecule has 230 valence electrons. The van der Waals surface area contributed by atoms with Crippen molar-refractivity contribution in [2.45, 2.75) is 19.3 Å². The maximum atomic E-state index is 12.7. The molecule has 1 aliphatic rings. The minimum Gasteiger partial charge on any atom is -0.493 e. The molecule has 0 spiro atoms. The van der Waals surface area contributed by atoms with Gasteiger partial charge in [-0.1, -0.05) is 30.3 Å². The number of nitrogens with one attached hydrogen (secondary N) is 1. The summed E-state index contributed by atoms with van der Waals surface area (Å²) in [5.41, 5.74) is 2.32. The molecule has 1 saturated heterocycles. The van der Waals surface area contributed by atoms with Crippen LogP contribution in [0.1, 0.15) is 18.4 Å². The van der Waals surface area contributed by atoms with Gasteiger partial charge in [-0.15, -0.1) is 9.24 Å². The molecular weight excluding hydrogens is 575 g/mol. The number of pyridine rings is 1. The number of benzene rings is 3. The zero-order valence-electron chi connectivity index (χ0n) is 25.4. The van der Waals surface area contributed by atoms with Crippen molar-refractivity contribution < 1.29 is 23.8 Å². The van der Waals surface area contributed by atoms with Crippen LogP contribution in [0.4, 0.5) is 5.69 Å². The maximum Gasteiger partial charge on any atom is 0.313 e. The zero-order chi connectivity index (χ0) is 31.1. The van der Waals surface area contributed by atoms with Crippen molar-refractivity contribution in [1.82, 2.24) is 14.8 Å². The fourth-order valence-electron chi connectivity index (χ4n) is 5.16. The lowest BCUT2D eigenvalue weighted by molar-refractivity contribution is -0.142. The minimum atomic E-state index is -0.695. The lowest BCUT2D eigenvalue weighted by atomic mass is 9.98. The second-order valence-electron chi connectivity index (χ2n) is 11.2. The monoisotopic (exact) mass is 614 g/mol. The van der Waals surface area contributed by atoms with Gasteiger partial charge in [-0.25, -0.2) is 0 Å². The van der Waals surface area contributed by atoms with E-state index in [4.69, 9.17) is 14.2 Å². The molecule has 0 radical (unpaired) electrons. The Balaban J connectivity index is 1.23. The number of carbonyl (C=O) groups excluding carboxylic acids is 2. The summed E-state index contributed by atoms with van der Waals surface area (Å²) in [5.74, 6) is 1.68. The predicted octanol–water partition coefficient (Wildman–Crippen LogP) is 4.90. The van der Waals surface area contributed by atoms with Gasteiger partial charge in [-0.3, -0.25) is 14.6 Å². The minimum absolute atomic E-state index is 0.439. The summed E-state index contributed by atoms with van der Waals surface area (Å²) < 4.78 is 18.2. The number of amides is 2. The van der Waals surface area contributed by atoms with Gasteiger partial charge in [0.15, 0.2) is 11.5 Å². The van der Waals surface area contributed by atoms with Crippen LogP contribution in [0.5, 0.6) is 23.0 Å². The van der Waals surface area contributed by atoms with Crippen LogP contribution >= 0.6 is 9.24 Å². The Morgan fingerprint density at radius 3 is 2.50 bits per heavy atom. The molecule has 5 rings (SSSR count). The number of methoxy groups -OCH3 is 1. The maximum absolute atomic E-state index is 12.7. The van der Waals surface area contributed by atoms with E-state index < -0.39 is 11.8 Å². The van der Waals surface area contributed by atoms with Crippen molar-refractivity contribution >= 4 is 42.9 Å². The van der Waals surface area contributed by atoms with Gasteiger partial charge >= 0.3 is 11.8 Å². The van der Waals surface area contributed by atoms with Crippen molar-refractivity contribution in [3.63, 3.8) is 0 Å². The third kappa shape index (κ3) is 7.84. The van der Waals surface area contributed by atoms with Gasteiger partial charge in [0.25, 0.3) is 0 Å². The van der Waals surface area contributed by atoms with Gasteiger partial charge in [0.1, 0.15) is 11.5 Å². The van der Waals surface area contributed by atoms with Crippen molar-refractivity contribution in [3.05, 3.63) is 78.5 Å². The summed E-state index contributed by atoms with van der Waals surface area (Å²) in [4.78, 5) is 33.6. The normalized spacial score (nSPS) is 13.8. The van der Waals surface area contributed by atoms with Crippen LogP contribution in [0.15, 0.2) is 72.9 Å². The number of anilines is 1. The summed E-state index contributed by atoms with van der Waals surface area (Å²) in [6, 6.07) is 20.6. The summed E-state index contributed by atoms with van der Waals surface area (Å²) >= 11 is 0. The van der Waals surface area contributed by atoms with Crippen molar-refractivity contribution in [2.75, 3.05) is 52.8 Å². The van der Waals surface area contributed by atoms with E-state index in [0.29, 0.717) is 59.5 Å². The number of aromatic nitrogens is 1. The lowest BCUT2D eigenvalue weighted by Gasteiger charge is -2.28. The van der Waals surface area contributed by atoms with E-state index in [2.05, 4.69) is 31.5 Å². The largest absolute Gasteiger partial charge is 0.493 e. The standard InChI is InChI=1S/C34H39N4O5P/c1-37-16-12-24(13-17-37)22-42-31-21-27-26(20-30(31)41-3)28(11-15-35-27)43-29-10-9-25(19-32(29)44)36-33(39)34(40)38(2)18-14-23-7-5-4-6-8-23/h4-11,15,19-21,24H,12-14,16-18,22,44H2,1-3H3,(H,36,39). The average Bonchev–Trinajstić information content (AvgIpc) is 3.04. The molecule has 1 aromatic heterocycles. The van der Waals surface area contributed by atoms with Crippen molar-refractivity contribution in [3.8, 4) is 23.0 Å². The van der Waals surface area contributed by atoms with Gasteiger partial charge < -0.3 is 29.3 Å². The van der Waals surface area contributed by atoms with E-state index in [1.807, 2.05) is 42.5 Å². The van der Waals surface area contributed by atoms with E-state index in [-0.39, 0.29) is 0 Å². The van der Waals surface area contributed by atoms with Crippen LogP contribution in [0, 0.1) is 5.92 Å². The molecule has 1 aliphatic heterocycles. The Morgan fingerprint density at radius 1 is 1.00 bits per heavy atom. The molecular formula is C34H39N4O5P. The number of likely N-dealkylation sites (tertiary alicyclic amines) is 1. The molecule has 4 aromatic rings. The van der Waals surface area contributed by atoms with Crippen LogP contribution in [0.2, 0.25) is 0 Å². The molecule has 2 amide bonds. The van der Waals surface area contributed by atoms with Crippen molar-refractivity contribution in [1.29, 1.82) is 0 Å². The molecule has 0 bridgehead atoms. The lowest BCUT2D eigenvalue weighted by Crippen LogP contribution is -2.38. The highest BCUT2D eigenvalue weighted by Crippen LogP contribution is 2.37. The van der Waals surface area contributed by atoms with Gasteiger partial charge in [-0.05, 0) is 81.2 Å². The summed E-state index contributed by atoms with van der Waals surface area (Å²) in [5, 5.41) is 4.19. The molecule has 1 atom stereocenters. The molecule has 1 N–H and O–H groups in total. The van der Waals surface area contributed by atoms with Crippen LogP contribution < -0.4 is 24.8 Å². The molecule has 1 unspecified atom stereocenters. The van der Waals surface area contributed by atoms with Crippen LogP contribution in [0.3, 0.4) is 0 Å². The highest BCUT2D eigenvalue weighted by atomic mass is 31.0. The summed E-state index contributed by atoms with van der Waals surface area (Å²) in [7, 11) is 8.03. The van der Waals surface area contributed by atoms with E-state index in [1.54, 1.807) is 44.6 Å². The Kier molecular flexibility index (Phi) is 10.3. The topological polar surface area (TPSA) is 93.2 Å². The van der Waals surface area contributed by atoms with Crippen LogP contribution in [0.25, 0.3) is 10.9 Å². The van der Waals surface area contributed by atoms with Gasteiger partial charge in [0, 0.05) is 42.2 Å². The quantitative estimate of drug-likeness (QED) is 0.201. The fourth-order valence-corrected chi connectivity index (χ4v) is 5.50. The highest BCUT2D eigenvalue weighted by Gasteiger charge is 2.21. The first-order valence-corrected chi connectivity index (χ1v) is 15.3. The number of likely N-dealkylation sites (N-methyl/N-ethyl adjacent to an activating group) is 1. The van der Waals surface area contributed by atoms with Crippen LogP contribution in [-0.2, 0) is 16.0 Å². The second-order valence-corrected chi connectivity index (χ2v) is 11.8. The molecule has 0 saturated carbocycles. The third-order valence-corrected chi connectivity index (χ3v) is 8.36. The number of piperidine rings is 1. The van der Waals surface area contributed by atoms with E-state index >= 15 is 0 Å². The average molecular weight is 615 g/mol. The summed E-state index contributed by atoms with van der Waals surface area (Å²) in [6.45, 7) is 3.25. The molecule has 1 fully saturated rings. The SMILES string of the molecule is COc1cc2c(Oc3ccc(NC(=O)C(=O)N(C)CCc4ccccc4)cc3P)ccnc2cc1OCC1CCN(C)CC1. The molecule has 3 aromatic carbocycles. The first kappa shape index (κ1) is 31.2. The molecule has 44 heavy (non-hydrogen) atoms.